The topological polar surface area (TPSA) is 135 Å². The summed E-state index contributed by atoms with van der Waals surface area (Å²) in [6.07, 6.45) is 1.72. The Morgan fingerprint density at radius 1 is 0.967 bits per heavy atom. The van der Waals surface area contributed by atoms with E-state index in [4.69, 9.17) is 0 Å². The molecule has 12 heteroatoms. The minimum absolute atomic E-state index is 0.119. The molecule has 0 bridgehead atoms. The van der Waals surface area contributed by atoms with Gasteiger partial charge in [0.15, 0.2) is 5.82 Å². The Morgan fingerprint density at radius 2 is 1.80 bits per heavy atom. The van der Waals surface area contributed by atoms with Crippen molar-refractivity contribution in [3.63, 3.8) is 0 Å². The Morgan fingerprint density at radius 3 is 2.60 bits per heavy atom. The number of pyridine rings is 1. The van der Waals surface area contributed by atoms with Crippen molar-refractivity contribution < 1.29 is 8.42 Å². The fourth-order valence-electron chi connectivity index (χ4n) is 2.68. The van der Waals surface area contributed by atoms with Crippen LogP contribution in [0.15, 0.2) is 53.6 Å². The first-order chi connectivity index (χ1) is 14.5. The highest BCUT2D eigenvalue weighted by molar-refractivity contribution is 7.89. The van der Waals surface area contributed by atoms with Crippen molar-refractivity contribution in [3.8, 4) is 0 Å². The second kappa shape index (κ2) is 8.65. The van der Waals surface area contributed by atoms with Crippen LogP contribution < -0.4 is 15.4 Å². The van der Waals surface area contributed by atoms with Gasteiger partial charge in [0.2, 0.25) is 10.0 Å². The number of fused-ring (bicyclic) bond motifs is 1. The number of sulfonamides is 1. The first-order valence-electron chi connectivity index (χ1n) is 8.99. The van der Waals surface area contributed by atoms with E-state index < -0.39 is 10.0 Å². The molecule has 0 saturated heterocycles. The second-order valence-corrected chi connectivity index (χ2v) is 8.62. The van der Waals surface area contributed by atoms with E-state index >= 15 is 0 Å². The number of hydrogen-bond donors (Lipinski definition) is 3. The molecule has 0 unspecified atom stereocenters. The van der Waals surface area contributed by atoms with Gasteiger partial charge in [0, 0.05) is 19.3 Å². The van der Waals surface area contributed by atoms with E-state index in [-0.39, 0.29) is 11.4 Å². The molecule has 0 radical (unpaired) electrons. The maximum absolute atomic E-state index is 12.6. The Hall–Kier alpha value is -3.22. The number of aromatic nitrogens is 5. The highest BCUT2D eigenvalue weighted by Crippen LogP contribution is 2.20. The van der Waals surface area contributed by atoms with Gasteiger partial charge in [-0.25, -0.2) is 18.1 Å². The average Bonchev–Trinajstić information content (AvgIpc) is 3.21. The van der Waals surface area contributed by atoms with Crippen LogP contribution in [-0.2, 0) is 10.0 Å². The van der Waals surface area contributed by atoms with E-state index in [0.29, 0.717) is 35.0 Å². The molecule has 0 spiro atoms. The molecule has 3 aromatic heterocycles. The van der Waals surface area contributed by atoms with Crippen LogP contribution in [0.4, 0.5) is 17.5 Å². The molecule has 0 aliphatic carbocycles. The molecule has 4 rings (SSSR count). The fraction of sp³-hybridized carbons (Fsp3) is 0.167. The number of nitrogens with zero attached hydrogens (tertiary/aromatic N) is 5. The molecule has 3 N–H and O–H groups in total. The lowest BCUT2D eigenvalue weighted by Crippen LogP contribution is -2.29. The predicted octanol–water partition coefficient (Wildman–Crippen LogP) is 2.32. The zero-order valence-corrected chi connectivity index (χ0v) is 17.5. The van der Waals surface area contributed by atoms with Crippen molar-refractivity contribution >= 4 is 50.2 Å². The van der Waals surface area contributed by atoms with Crippen LogP contribution in [0.5, 0.6) is 0 Å². The number of aryl methyl sites for hydroxylation is 1. The largest absolute Gasteiger partial charge is 0.367 e. The van der Waals surface area contributed by atoms with E-state index in [0.717, 1.165) is 17.3 Å². The van der Waals surface area contributed by atoms with Gasteiger partial charge in [-0.2, -0.15) is 8.75 Å². The van der Waals surface area contributed by atoms with E-state index in [2.05, 4.69) is 39.3 Å². The summed E-state index contributed by atoms with van der Waals surface area (Å²) in [4.78, 5) is 4.33. The van der Waals surface area contributed by atoms with Gasteiger partial charge in [-0.1, -0.05) is 6.07 Å². The quantitative estimate of drug-likeness (QED) is 0.351. The second-order valence-electron chi connectivity index (χ2n) is 6.36. The maximum Gasteiger partial charge on any atom is 0.242 e. The molecule has 30 heavy (non-hydrogen) atoms. The van der Waals surface area contributed by atoms with E-state index in [9.17, 15) is 8.42 Å². The van der Waals surface area contributed by atoms with Crippen molar-refractivity contribution in [3.05, 3.63) is 54.2 Å². The summed E-state index contributed by atoms with van der Waals surface area (Å²) in [5, 5.41) is 14.3. The van der Waals surface area contributed by atoms with Crippen molar-refractivity contribution in [2.24, 2.45) is 0 Å². The molecule has 154 valence electrons. The lowest BCUT2D eigenvalue weighted by Gasteiger charge is -2.09. The van der Waals surface area contributed by atoms with Gasteiger partial charge in [0.05, 0.1) is 11.7 Å². The zero-order valence-electron chi connectivity index (χ0n) is 15.9. The minimum atomic E-state index is -3.69. The Labute approximate surface area is 177 Å². The average molecular weight is 443 g/mol. The van der Waals surface area contributed by atoms with Crippen LogP contribution in [0.3, 0.4) is 0 Å². The van der Waals surface area contributed by atoms with Gasteiger partial charge >= 0.3 is 0 Å². The monoisotopic (exact) mass is 442 g/mol. The van der Waals surface area contributed by atoms with Crippen LogP contribution in [0.1, 0.15) is 5.56 Å². The molecular formula is C18H18N8O2S2. The van der Waals surface area contributed by atoms with Crippen molar-refractivity contribution in [2.45, 2.75) is 11.8 Å². The fourth-order valence-corrected chi connectivity index (χ4v) is 4.48. The standard InChI is InChI=1S/C18H18N8O2S2/c1-12-7-8-19-17(11-12)22-16-6-5-15(23-24-16)20-9-10-21-30(27,28)14-4-2-3-13-18(14)26-29-25-13/h2-8,11,21H,9-10H2,1H3,(H,20,23)(H,19,22,24). The molecule has 0 amide bonds. The number of nitrogens with one attached hydrogen (secondary N) is 3. The summed E-state index contributed by atoms with van der Waals surface area (Å²) in [7, 11) is -3.69. The summed E-state index contributed by atoms with van der Waals surface area (Å²) in [6.45, 7) is 2.49. The Bertz CT molecular complexity index is 1260. The SMILES string of the molecule is Cc1ccnc(Nc2ccc(NCCNS(=O)(=O)c3cccc4nsnc34)nn2)c1. The molecular weight excluding hydrogens is 424 g/mol. The van der Waals surface area contributed by atoms with Gasteiger partial charge in [0.25, 0.3) is 0 Å². The summed E-state index contributed by atoms with van der Waals surface area (Å²) < 4.78 is 35.8. The van der Waals surface area contributed by atoms with Crippen LogP contribution in [0, 0.1) is 6.92 Å². The van der Waals surface area contributed by atoms with Crippen molar-refractivity contribution in [2.75, 3.05) is 23.7 Å². The van der Waals surface area contributed by atoms with E-state index in [1.807, 2.05) is 19.1 Å². The van der Waals surface area contributed by atoms with Gasteiger partial charge in [-0.15, -0.1) is 10.2 Å². The number of hydrogen-bond acceptors (Lipinski definition) is 10. The third-order valence-electron chi connectivity index (χ3n) is 4.10. The van der Waals surface area contributed by atoms with Crippen LogP contribution in [0.2, 0.25) is 0 Å². The van der Waals surface area contributed by atoms with Crippen LogP contribution in [0.25, 0.3) is 11.0 Å². The highest BCUT2D eigenvalue weighted by atomic mass is 32.2. The van der Waals surface area contributed by atoms with Gasteiger partial charge in [-0.05, 0) is 48.9 Å². The van der Waals surface area contributed by atoms with Gasteiger partial charge < -0.3 is 10.6 Å². The first-order valence-corrected chi connectivity index (χ1v) is 11.2. The summed E-state index contributed by atoms with van der Waals surface area (Å²) in [5.74, 6) is 1.77. The highest BCUT2D eigenvalue weighted by Gasteiger charge is 2.18. The number of anilines is 3. The summed E-state index contributed by atoms with van der Waals surface area (Å²) in [6, 6.07) is 12.2. The van der Waals surface area contributed by atoms with Crippen molar-refractivity contribution in [1.29, 1.82) is 0 Å². The summed E-state index contributed by atoms with van der Waals surface area (Å²) >= 11 is 0.982. The number of benzene rings is 1. The Kier molecular flexibility index (Phi) is 5.79. The number of rotatable bonds is 8. The van der Waals surface area contributed by atoms with Crippen molar-refractivity contribution in [1.82, 2.24) is 28.7 Å². The van der Waals surface area contributed by atoms with E-state index in [1.54, 1.807) is 30.5 Å². The van der Waals surface area contributed by atoms with Crippen LogP contribution >= 0.6 is 11.7 Å². The summed E-state index contributed by atoms with van der Waals surface area (Å²) in [5.41, 5.74) is 2.02. The zero-order chi connectivity index (χ0) is 21.0. The third kappa shape index (κ3) is 4.67. The minimum Gasteiger partial charge on any atom is -0.367 e. The van der Waals surface area contributed by atoms with Crippen LogP contribution in [-0.4, -0.2) is 45.4 Å². The Balaban J connectivity index is 1.30. The molecule has 0 atom stereocenters. The normalized spacial score (nSPS) is 11.5. The molecule has 3 heterocycles. The molecule has 0 aliphatic rings. The van der Waals surface area contributed by atoms with E-state index in [1.165, 1.54) is 6.07 Å². The lowest BCUT2D eigenvalue weighted by atomic mass is 10.3. The molecule has 0 aliphatic heterocycles. The molecule has 4 aromatic rings. The smallest absolute Gasteiger partial charge is 0.242 e. The van der Waals surface area contributed by atoms with Gasteiger partial charge in [0.1, 0.15) is 27.6 Å². The maximum atomic E-state index is 12.6. The van der Waals surface area contributed by atoms with Gasteiger partial charge in [-0.3, -0.25) is 0 Å². The third-order valence-corrected chi connectivity index (χ3v) is 6.13. The molecule has 0 fully saturated rings. The molecule has 10 nitrogen and oxygen atoms in total. The molecule has 0 saturated carbocycles. The lowest BCUT2D eigenvalue weighted by molar-refractivity contribution is 0.583. The molecule has 1 aromatic carbocycles. The predicted molar refractivity (Wildman–Crippen MR) is 115 cm³/mol. The first kappa shape index (κ1) is 20.1.